The Hall–Kier alpha value is -1.93. The van der Waals surface area contributed by atoms with Crippen molar-refractivity contribution in [1.29, 1.82) is 0 Å². The average molecular weight is 385 g/mol. The molecule has 8 heteroatoms. The van der Waals surface area contributed by atoms with Crippen LogP contribution in [0.3, 0.4) is 0 Å². The molecule has 0 heterocycles. The van der Waals surface area contributed by atoms with E-state index in [4.69, 9.17) is 0 Å². The van der Waals surface area contributed by atoms with Gasteiger partial charge in [0.15, 0.2) is 0 Å². The van der Waals surface area contributed by atoms with Crippen molar-refractivity contribution in [2.24, 2.45) is 0 Å². The van der Waals surface area contributed by atoms with Gasteiger partial charge in [-0.25, -0.2) is 8.42 Å². The summed E-state index contributed by atoms with van der Waals surface area (Å²) >= 11 is 3.33. The number of nitro groups is 1. The summed E-state index contributed by atoms with van der Waals surface area (Å²) in [5.74, 6) is -0.463. The van der Waals surface area contributed by atoms with E-state index in [0.29, 0.717) is 5.69 Å². The van der Waals surface area contributed by atoms with Gasteiger partial charge in [0.25, 0.3) is 5.69 Å². The number of rotatable bonds is 5. The molecule has 116 valence electrons. The Morgan fingerprint density at radius 1 is 1.23 bits per heavy atom. The molecule has 0 aromatic heterocycles. The van der Waals surface area contributed by atoms with E-state index in [1.807, 2.05) is 6.92 Å². The summed E-state index contributed by atoms with van der Waals surface area (Å²) < 4.78 is 27.6. The Bertz CT molecular complexity index is 821. The monoisotopic (exact) mass is 384 g/mol. The van der Waals surface area contributed by atoms with E-state index in [1.165, 1.54) is 18.2 Å². The number of anilines is 1. The standard InChI is InChI=1S/C14H13BrN2O4S/c1-10-6-7-12(8-13(10)15)16-22(20,21)9-11-4-2-3-5-14(11)17(18)19/h2-8,16H,9H2,1H3. The first-order valence-electron chi connectivity index (χ1n) is 6.27. The normalized spacial score (nSPS) is 11.2. The second-order valence-electron chi connectivity index (χ2n) is 4.71. The van der Waals surface area contributed by atoms with Gasteiger partial charge in [0.1, 0.15) is 5.75 Å². The molecule has 0 saturated heterocycles. The minimum Gasteiger partial charge on any atom is -0.283 e. The van der Waals surface area contributed by atoms with Crippen molar-refractivity contribution < 1.29 is 13.3 Å². The zero-order valence-corrected chi connectivity index (χ0v) is 14.0. The zero-order chi connectivity index (χ0) is 16.3. The van der Waals surface area contributed by atoms with Crippen molar-refractivity contribution in [1.82, 2.24) is 0 Å². The van der Waals surface area contributed by atoms with Gasteiger partial charge in [-0.2, -0.15) is 0 Å². The maximum atomic E-state index is 12.2. The number of aryl methyl sites for hydroxylation is 1. The predicted molar refractivity (Wildman–Crippen MR) is 88.2 cm³/mol. The second kappa shape index (κ2) is 6.45. The van der Waals surface area contributed by atoms with Crippen LogP contribution >= 0.6 is 15.9 Å². The van der Waals surface area contributed by atoms with Crippen molar-refractivity contribution in [2.45, 2.75) is 12.7 Å². The minimum absolute atomic E-state index is 0.145. The summed E-state index contributed by atoms with van der Waals surface area (Å²) in [7, 11) is -3.75. The molecule has 0 bridgehead atoms. The summed E-state index contributed by atoms with van der Waals surface area (Å²) in [5.41, 5.74) is 1.31. The van der Waals surface area contributed by atoms with E-state index in [-0.39, 0.29) is 11.3 Å². The molecule has 0 saturated carbocycles. The number of nitrogens with zero attached hydrogens (tertiary/aromatic N) is 1. The molecule has 0 atom stereocenters. The molecule has 0 aliphatic rings. The minimum atomic E-state index is -3.75. The summed E-state index contributed by atoms with van der Waals surface area (Å²) in [6, 6.07) is 10.8. The largest absolute Gasteiger partial charge is 0.283 e. The van der Waals surface area contributed by atoms with Gasteiger partial charge in [-0.15, -0.1) is 0 Å². The van der Waals surface area contributed by atoms with Gasteiger partial charge in [0.05, 0.1) is 4.92 Å². The molecular formula is C14H13BrN2O4S. The van der Waals surface area contributed by atoms with Crippen LogP contribution in [0.1, 0.15) is 11.1 Å². The number of hydrogen-bond donors (Lipinski definition) is 1. The van der Waals surface area contributed by atoms with Crippen LogP contribution in [0.25, 0.3) is 0 Å². The predicted octanol–water partition coefficient (Wildman–Crippen LogP) is 3.61. The Morgan fingerprint density at radius 3 is 2.55 bits per heavy atom. The Morgan fingerprint density at radius 2 is 1.91 bits per heavy atom. The lowest BCUT2D eigenvalue weighted by atomic mass is 10.2. The van der Waals surface area contributed by atoms with Crippen LogP contribution in [0.2, 0.25) is 0 Å². The molecule has 0 spiro atoms. The molecule has 0 radical (unpaired) electrons. The van der Waals surface area contributed by atoms with E-state index in [2.05, 4.69) is 20.7 Å². The van der Waals surface area contributed by atoms with Gasteiger partial charge in [-0.1, -0.05) is 40.2 Å². The molecule has 6 nitrogen and oxygen atoms in total. The topological polar surface area (TPSA) is 89.3 Å². The SMILES string of the molecule is Cc1ccc(NS(=O)(=O)Cc2ccccc2[N+](=O)[O-])cc1Br. The number of nitro benzene ring substituents is 1. The van der Waals surface area contributed by atoms with Crippen LogP contribution in [0.4, 0.5) is 11.4 Å². The lowest BCUT2D eigenvalue weighted by Crippen LogP contribution is -2.16. The first kappa shape index (κ1) is 16.4. The third kappa shape index (κ3) is 4.05. The average Bonchev–Trinajstić information content (AvgIpc) is 2.42. The fraction of sp³-hybridized carbons (Fsp3) is 0.143. The molecule has 22 heavy (non-hydrogen) atoms. The smallest absolute Gasteiger partial charge is 0.273 e. The third-order valence-electron chi connectivity index (χ3n) is 2.98. The molecular weight excluding hydrogens is 372 g/mol. The number of sulfonamides is 1. The number of hydrogen-bond acceptors (Lipinski definition) is 4. The summed E-state index contributed by atoms with van der Waals surface area (Å²) in [4.78, 5) is 10.3. The zero-order valence-electron chi connectivity index (χ0n) is 11.6. The molecule has 0 unspecified atom stereocenters. The van der Waals surface area contributed by atoms with Gasteiger partial charge in [-0.05, 0) is 24.6 Å². The van der Waals surface area contributed by atoms with Gasteiger partial charge in [0.2, 0.25) is 10.0 Å². The highest BCUT2D eigenvalue weighted by atomic mass is 79.9. The van der Waals surface area contributed by atoms with Crippen molar-refractivity contribution in [3.63, 3.8) is 0 Å². The van der Waals surface area contributed by atoms with Gasteiger partial charge in [0, 0.05) is 21.8 Å². The maximum Gasteiger partial charge on any atom is 0.273 e. The van der Waals surface area contributed by atoms with Gasteiger partial charge >= 0.3 is 0 Å². The van der Waals surface area contributed by atoms with Gasteiger partial charge in [-0.3, -0.25) is 14.8 Å². The highest BCUT2D eigenvalue weighted by Gasteiger charge is 2.19. The summed E-state index contributed by atoms with van der Waals surface area (Å²) in [6.45, 7) is 1.88. The first-order valence-corrected chi connectivity index (χ1v) is 8.72. The summed E-state index contributed by atoms with van der Waals surface area (Å²) in [6.07, 6.45) is 0. The van der Waals surface area contributed by atoms with Crippen LogP contribution in [-0.2, 0) is 15.8 Å². The van der Waals surface area contributed by atoms with Crippen LogP contribution in [-0.4, -0.2) is 13.3 Å². The maximum absolute atomic E-state index is 12.2. The first-order chi connectivity index (χ1) is 10.3. The molecule has 0 aliphatic carbocycles. The van der Waals surface area contributed by atoms with E-state index >= 15 is 0 Å². The Balaban J connectivity index is 2.25. The van der Waals surface area contributed by atoms with Crippen molar-refractivity contribution in [3.05, 3.63) is 68.2 Å². The summed E-state index contributed by atoms with van der Waals surface area (Å²) in [5, 5.41) is 10.9. The van der Waals surface area contributed by atoms with Crippen molar-refractivity contribution in [2.75, 3.05) is 4.72 Å². The van der Waals surface area contributed by atoms with E-state index in [1.54, 1.807) is 24.3 Å². The molecule has 2 aromatic rings. The Labute approximate surface area is 136 Å². The van der Waals surface area contributed by atoms with Crippen LogP contribution in [0.15, 0.2) is 46.9 Å². The molecule has 2 rings (SSSR count). The molecule has 2 aromatic carbocycles. The fourth-order valence-corrected chi connectivity index (χ4v) is 3.48. The number of halogens is 1. The van der Waals surface area contributed by atoms with Crippen LogP contribution < -0.4 is 4.72 Å². The van der Waals surface area contributed by atoms with E-state index in [0.717, 1.165) is 10.0 Å². The highest BCUT2D eigenvalue weighted by molar-refractivity contribution is 9.10. The fourth-order valence-electron chi connectivity index (χ4n) is 1.89. The molecule has 0 aliphatic heterocycles. The van der Waals surface area contributed by atoms with E-state index < -0.39 is 20.7 Å². The molecule has 0 amide bonds. The third-order valence-corrected chi connectivity index (χ3v) is 5.07. The Kier molecular flexibility index (Phi) is 4.82. The van der Waals surface area contributed by atoms with Crippen LogP contribution in [0, 0.1) is 17.0 Å². The highest BCUT2D eigenvalue weighted by Crippen LogP contribution is 2.24. The second-order valence-corrected chi connectivity index (χ2v) is 7.29. The van der Waals surface area contributed by atoms with Crippen molar-refractivity contribution >= 4 is 37.3 Å². The number of benzene rings is 2. The lowest BCUT2D eigenvalue weighted by molar-refractivity contribution is -0.385. The molecule has 0 fully saturated rings. The number of para-hydroxylation sites is 1. The lowest BCUT2D eigenvalue weighted by Gasteiger charge is -2.09. The number of nitrogens with one attached hydrogen (secondary N) is 1. The van der Waals surface area contributed by atoms with Gasteiger partial charge < -0.3 is 0 Å². The van der Waals surface area contributed by atoms with Crippen LogP contribution in [0.5, 0.6) is 0 Å². The quantitative estimate of drug-likeness (QED) is 0.629. The molecule has 1 N–H and O–H groups in total. The van der Waals surface area contributed by atoms with E-state index in [9.17, 15) is 18.5 Å². The van der Waals surface area contributed by atoms with Crippen molar-refractivity contribution in [3.8, 4) is 0 Å².